The lowest BCUT2D eigenvalue weighted by Gasteiger charge is -2.02. The van der Waals surface area contributed by atoms with Crippen molar-refractivity contribution in [2.45, 2.75) is 39.3 Å². The first-order valence-electron chi connectivity index (χ1n) is 10.4. The van der Waals surface area contributed by atoms with E-state index in [1.165, 1.54) is 0 Å². The maximum Gasteiger partial charge on any atom is 0.129 e. The molecule has 0 aliphatic rings. The molecule has 0 spiro atoms. The molecule has 32 heavy (non-hydrogen) atoms. The molecule has 0 nitrogen and oxygen atoms in total. The summed E-state index contributed by atoms with van der Waals surface area (Å²) in [5.74, 6) is 19.7. The summed E-state index contributed by atoms with van der Waals surface area (Å²) in [6.45, 7) is 13.5. The van der Waals surface area contributed by atoms with Gasteiger partial charge >= 0.3 is 0 Å². The summed E-state index contributed by atoms with van der Waals surface area (Å²) in [6, 6.07) is 12.2. The third kappa shape index (κ3) is 7.77. The summed E-state index contributed by atoms with van der Waals surface area (Å²) in [5.41, 5.74) is 10.8. The molecular weight excluding hydrogens is 457 g/mol. The zero-order valence-corrected chi connectivity index (χ0v) is 23.1. The van der Waals surface area contributed by atoms with Crippen LogP contribution in [0.3, 0.4) is 0 Å². The van der Waals surface area contributed by atoms with Gasteiger partial charge in [0.25, 0.3) is 0 Å². The Hall–Kier alpha value is -2.71. The minimum atomic E-state index is -1.40. The van der Waals surface area contributed by atoms with Crippen molar-refractivity contribution in [3.63, 3.8) is 0 Å². The second-order valence-electron chi connectivity index (χ2n) is 9.40. The SMILES string of the molecule is C[Si](C)(C)C#Cc1sccc1C#Cc1ccc(C#Cc2ccsc2C#C[Si](C)(C)C)cc1. The van der Waals surface area contributed by atoms with Gasteiger partial charge in [-0.2, -0.15) is 0 Å². The quantitative estimate of drug-likeness (QED) is 0.237. The lowest BCUT2D eigenvalue weighted by molar-refractivity contribution is 1.60. The average Bonchev–Trinajstić information content (AvgIpc) is 3.36. The molecule has 0 aliphatic heterocycles. The highest BCUT2D eigenvalue weighted by Gasteiger charge is 2.09. The van der Waals surface area contributed by atoms with Crippen molar-refractivity contribution in [3.05, 3.63) is 79.2 Å². The third-order valence-corrected chi connectivity index (χ3v) is 7.41. The van der Waals surface area contributed by atoms with E-state index in [-0.39, 0.29) is 0 Å². The lowest BCUT2D eigenvalue weighted by atomic mass is 10.1. The molecule has 0 atom stereocenters. The molecule has 0 unspecified atom stereocenters. The van der Waals surface area contributed by atoms with Crippen molar-refractivity contribution in [3.8, 4) is 46.6 Å². The van der Waals surface area contributed by atoms with Crippen LogP contribution in [0.25, 0.3) is 0 Å². The van der Waals surface area contributed by atoms with Gasteiger partial charge in [0, 0.05) is 11.1 Å². The largest absolute Gasteiger partial charge is 0.134 e. The second kappa shape index (κ2) is 10.3. The monoisotopic (exact) mass is 482 g/mol. The van der Waals surface area contributed by atoms with Gasteiger partial charge in [0.2, 0.25) is 0 Å². The first-order valence-corrected chi connectivity index (χ1v) is 19.2. The molecule has 4 heteroatoms. The topological polar surface area (TPSA) is 0 Å². The van der Waals surface area contributed by atoms with Crippen LogP contribution in [0.2, 0.25) is 39.3 Å². The Kier molecular flexibility index (Phi) is 7.69. The highest BCUT2D eigenvalue weighted by molar-refractivity contribution is 7.11. The normalized spacial score (nSPS) is 10.4. The van der Waals surface area contributed by atoms with Crippen LogP contribution in [0.4, 0.5) is 0 Å². The molecule has 158 valence electrons. The molecule has 1 aromatic carbocycles. The summed E-state index contributed by atoms with van der Waals surface area (Å²) >= 11 is 3.32. The smallest absolute Gasteiger partial charge is 0.129 e. The van der Waals surface area contributed by atoms with E-state index in [0.29, 0.717) is 0 Å². The molecule has 2 aromatic heterocycles. The molecule has 3 rings (SSSR count). The molecule has 0 aliphatic carbocycles. The van der Waals surface area contributed by atoms with Crippen molar-refractivity contribution in [1.29, 1.82) is 0 Å². The average molecular weight is 483 g/mol. The van der Waals surface area contributed by atoms with Gasteiger partial charge in [-0.05, 0) is 47.2 Å². The van der Waals surface area contributed by atoms with Gasteiger partial charge < -0.3 is 0 Å². The molecule has 0 N–H and O–H groups in total. The minimum Gasteiger partial charge on any atom is -0.134 e. The van der Waals surface area contributed by atoms with E-state index in [1.807, 2.05) is 24.3 Å². The standard InChI is InChI=1S/C28H26S2Si2/c1-31(2,3)21-17-27-25(15-19-29-27)13-11-23-7-9-24(10-8-23)12-14-26-16-20-30-28(26)18-22-32(4,5)6/h7-10,15-16,19-20H,1-6H3. The van der Waals surface area contributed by atoms with Crippen LogP contribution in [0.5, 0.6) is 0 Å². The highest BCUT2D eigenvalue weighted by atomic mass is 32.1. The fourth-order valence-corrected chi connectivity index (χ4v) is 4.99. The number of thiophene rings is 2. The Balaban J connectivity index is 1.75. The molecule has 3 aromatic rings. The summed E-state index contributed by atoms with van der Waals surface area (Å²) in [6.07, 6.45) is 0. The third-order valence-electron chi connectivity index (χ3n) is 4.00. The van der Waals surface area contributed by atoms with E-state index in [9.17, 15) is 0 Å². The van der Waals surface area contributed by atoms with Crippen molar-refractivity contribution in [1.82, 2.24) is 0 Å². The van der Waals surface area contributed by atoms with Crippen molar-refractivity contribution < 1.29 is 0 Å². The van der Waals surface area contributed by atoms with Crippen LogP contribution >= 0.6 is 22.7 Å². The van der Waals surface area contributed by atoms with E-state index < -0.39 is 16.1 Å². The molecule has 2 heterocycles. The van der Waals surface area contributed by atoms with Crippen LogP contribution in [-0.4, -0.2) is 16.1 Å². The highest BCUT2D eigenvalue weighted by Crippen LogP contribution is 2.16. The molecule has 0 saturated carbocycles. The van der Waals surface area contributed by atoms with Gasteiger partial charge in [0.15, 0.2) is 0 Å². The van der Waals surface area contributed by atoms with Gasteiger partial charge in [-0.3, -0.25) is 0 Å². The summed E-state index contributed by atoms with van der Waals surface area (Å²) in [5, 5.41) is 4.12. The number of benzene rings is 1. The lowest BCUT2D eigenvalue weighted by Crippen LogP contribution is -2.16. The predicted octanol–water partition coefficient (Wildman–Crippen LogP) is 7.07. The molecular formula is C28H26S2Si2. The summed E-state index contributed by atoms with van der Waals surface area (Å²) in [7, 11) is -2.79. The first kappa shape index (κ1) is 23.9. The van der Waals surface area contributed by atoms with Gasteiger partial charge in [0.1, 0.15) is 16.1 Å². The zero-order chi connectivity index (χ0) is 23.2. The van der Waals surface area contributed by atoms with Crippen LogP contribution in [0.1, 0.15) is 32.0 Å². The van der Waals surface area contributed by atoms with Gasteiger partial charge in [0.05, 0.1) is 20.9 Å². The van der Waals surface area contributed by atoms with E-state index in [2.05, 4.69) is 109 Å². The first-order chi connectivity index (χ1) is 15.1. The zero-order valence-electron chi connectivity index (χ0n) is 19.4. The van der Waals surface area contributed by atoms with Gasteiger partial charge in [-0.1, -0.05) is 74.8 Å². The minimum absolute atomic E-state index is 0.975. The van der Waals surface area contributed by atoms with E-state index in [4.69, 9.17) is 0 Å². The Morgan fingerprint density at radius 1 is 0.500 bits per heavy atom. The molecule has 0 radical (unpaired) electrons. The van der Waals surface area contributed by atoms with E-state index in [0.717, 1.165) is 32.0 Å². The fraction of sp³-hybridized carbons (Fsp3) is 0.214. The predicted molar refractivity (Wildman–Crippen MR) is 147 cm³/mol. The second-order valence-corrected chi connectivity index (χ2v) is 20.7. The van der Waals surface area contributed by atoms with E-state index >= 15 is 0 Å². The fourth-order valence-electron chi connectivity index (χ4n) is 2.41. The van der Waals surface area contributed by atoms with Crippen LogP contribution in [0.15, 0.2) is 47.2 Å². The maximum absolute atomic E-state index is 3.43. The Morgan fingerprint density at radius 3 is 1.22 bits per heavy atom. The van der Waals surface area contributed by atoms with E-state index in [1.54, 1.807) is 22.7 Å². The Labute approximate surface area is 203 Å². The number of rotatable bonds is 0. The van der Waals surface area contributed by atoms with Crippen LogP contribution in [-0.2, 0) is 0 Å². The molecule has 0 amide bonds. The Morgan fingerprint density at radius 2 is 0.875 bits per heavy atom. The van der Waals surface area contributed by atoms with Gasteiger partial charge in [-0.25, -0.2) is 0 Å². The van der Waals surface area contributed by atoms with Crippen molar-refractivity contribution >= 4 is 38.8 Å². The molecule has 0 saturated heterocycles. The maximum atomic E-state index is 3.43. The molecule has 0 fully saturated rings. The number of hydrogen-bond acceptors (Lipinski definition) is 2. The summed E-state index contributed by atoms with van der Waals surface area (Å²) in [4.78, 5) is 2.12. The van der Waals surface area contributed by atoms with Crippen LogP contribution < -0.4 is 0 Å². The van der Waals surface area contributed by atoms with Crippen molar-refractivity contribution in [2.24, 2.45) is 0 Å². The number of hydrogen-bond donors (Lipinski definition) is 0. The van der Waals surface area contributed by atoms with Gasteiger partial charge in [-0.15, -0.1) is 33.8 Å². The molecule has 0 bridgehead atoms. The van der Waals surface area contributed by atoms with Crippen molar-refractivity contribution in [2.75, 3.05) is 0 Å². The van der Waals surface area contributed by atoms with Crippen LogP contribution in [0, 0.1) is 46.6 Å². The summed E-state index contributed by atoms with van der Waals surface area (Å²) < 4.78 is 0. The Bertz CT molecular complexity index is 1240.